The Kier molecular flexibility index (Phi) is 7.05. The molecule has 4 heteroatoms. The van der Waals surface area contributed by atoms with Gasteiger partial charge in [-0.25, -0.2) is 0 Å². The molecule has 0 fully saturated rings. The summed E-state index contributed by atoms with van der Waals surface area (Å²) in [5.41, 5.74) is 5.59. The summed E-state index contributed by atoms with van der Waals surface area (Å²) < 4.78 is 0. The van der Waals surface area contributed by atoms with Crippen LogP contribution >= 0.6 is 11.8 Å². The molecule has 0 aliphatic rings. The monoisotopic (exact) mass is 189 g/mol. The number of thioether (sulfide) groups is 1. The Morgan fingerprint density at radius 2 is 2.33 bits per heavy atom. The Hall–Kier alpha value is -0.380. The van der Waals surface area contributed by atoms with Crippen LogP contribution in [-0.4, -0.2) is 30.6 Å². The zero-order valence-corrected chi connectivity index (χ0v) is 8.95. The first-order valence-electron chi connectivity index (χ1n) is 4.26. The van der Waals surface area contributed by atoms with Gasteiger partial charge in [0.1, 0.15) is 0 Å². The molecule has 0 aliphatic carbocycles. The largest absolute Gasteiger partial charge is 0.370 e. The second-order valence-corrected chi connectivity index (χ2v) is 3.67. The Bertz CT molecular complexity index is 136. The molecule has 0 aromatic rings. The summed E-state index contributed by atoms with van der Waals surface area (Å²) in [4.78, 5) is 4.05. The molecule has 0 aliphatic heterocycles. The number of rotatable bonds is 5. The van der Waals surface area contributed by atoms with E-state index in [4.69, 9.17) is 5.73 Å². The molecule has 0 aromatic heterocycles. The smallest absolute Gasteiger partial charge is 0.188 e. The van der Waals surface area contributed by atoms with E-state index in [-0.39, 0.29) is 0 Å². The molecular weight excluding hydrogens is 170 g/mol. The maximum atomic E-state index is 5.59. The lowest BCUT2D eigenvalue weighted by atomic mass is 10.3. The highest BCUT2D eigenvalue weighted by Gasteiger charge is 2.00. The zero-order valence-electron chi connectivity index (χ0n) is 8.13. The van der Waals surface area contributed by atoms with Crippen LogP contribution in [0.1, 0.15) is 20.3 Å². The summed E-state index contributed by atoms with van der Waals surface area (Å²) in [6, 6.07) is 0.424. The molecule has 0 bridgehead atoms. The molecule has 0 aromatic carbocycles. The van der Waals surface area contributed by atoms with Crippen LogP contribution in [0, 0.1) is 0 Å². The number of hydrogen-bond donors (Lipinski definition) is 2. The highest BCUT2D eigenvalue weighted by molar-refractivity contribution is 7.98. The van der Waals surface area contributed by atoms with Crippen LogP contribution in [0.25, 0.3) is 0 Å². The minimum atomic E-state index is 0.424. The summed E-state index contributed by atoms with van der Waals surface area (Å²) >= 11 is 1.85. The second kappa shape index (κ2) is 7.28. The third-order valence-electron chi connectivity index (χ3n) is 1.48. The molecule has 0 amide bonds. The summed E-state index contributed by atoms with van der Waals surface area (Å²) in [6.07, 6.45) is 3.23. The van der Waals surface area contributed by atoms with Crippen LogP contribution in [-0.2, 0) is 0 Å². The molecular formula is C8H19N3S. The van der Waals surface area contributed by atoms with Crippen molar-refractivity contribution in [2.24, 2.45) is 10.7 Å². The molecule has 0 saturated heterocycles. The van der Waals surface area contributed by atoms with E-state index >= 15 is 0 Å². The van der Waals surface area contributed by atoms with E-state index in [0.717, 1.165) is 18.7 Å². The predicted molar refractivity (Wildman–Crippen MR) is 57.8 cm³/mol. The third kappa shape index (κ3) is 6.34. The molecule has 3 nitrogen and oxygen atoms in total. The maximum absolute atomic E-state index is 5.59. The summed E-state index contributed by atoms with van der Waals surface area (Å²) in [5.74, 6) is 1.72. The number of nitrogens with one attached hydrogen (secondary N) is 1. The van der Waals surface area contributed by atoms with E-state index in [9.17, 15) is 0 Å². The van der Waals surface area contributed by atoms with Gasteiger partial charge in [0.25, 0.3) is 0 Å². The fraction of sp³-hybridized carbons (Fsp3) is 0.875. The Morgan fingerprint density at radius 1 is 1.67 bits per heavy atom. The summed E-state index contributed by atoms with van der Waals surface area (Å²) in [6.45, 7) is 4.84. The number of nitrogens with two attached hydrogens (primary N) is 1. The van der Waals surface area contributed by atoms with Gasteiger partial charge >= 0.3 is 0 Å². The maximum Gasteiger partial charge on any atom is 0.188 e. The number of aliphatic imine (C=N–C) groups is 1. The van der Waals surface area contributed by atoms with Crippen molar-refractivity contribution < 1.29 is 0 Å². The molecule has 12 heavy (non-hydrogen) atoms. The zero-order chi connectivity index (χ0) is 9.40. The summed E-state index contributed by atoms with van der Waals surface area (Å²) in [7, 11) is 0. The summed E-state index contributed by atoms with van der Waals surface area (Å²) in [5, 5.41) is 3.13. The van der Waals surface area contributed by atoms with Crippen molar-refractivity contribution in [2.45, 2.75) is 26.3 Å². The molecule has 0 radical (unpaired) electrons. The van der Waals surface area contributed by atoms with E-state index in [1.807, 2.05) is 18.7 Å². The normalized spacial score (nSPS) is 14.4. The van der Waals surface area contributed by atoms with Gasteiger partial charge in [-0.3, -0.25) is 4.99 Å². The average molecular weight is 189 g/mol. The highest BCUT2D eigenvalue weighted by atomic mass is 32.2. The van der Waals surface area contributed by atoms with E-state index in [1.54, 1.807) is 0 Å². The number of hydrogen-bond acceptors (Lipinski definition) is 2. The quantitative estimate of drug-likeness (QED) is 0.502. The van der Waals surface area contributed by atoms with Gasteiger partial charge in [0.05, 0.1) is 0 Å². The van der Waals surface area contributed by atoms with Crippen molar-refractivity contribution in [3.63, 3.8) is 0 Å². The lowest BCUT2D eigenvalue weighted by Gasteiger charge is -2.13. The van der Waals surface area contributed by atoms with Crippen LogP contribution < -0.4 is 11.1 Å². The number of guanidine groups is 1. The third-order valence-corrected chi connectivity index (χ3v) is 2.12. The van der Waals surface area contributed by atoms with Crippen LogP contribution in [0.15, 0.2) is 4.99 Å². The fourth-order valence-corrected chi connectivity index (χ4v) is 1.42. The van der Waals surface area contributed by atoms with Gasteiger partial charge in [0.15, 0.2) is 5.96 Å². The van der Waals surface area contributed by atoms with E-state index < -0.39 is 0 Å². The van der Waals surface area contributed by atoms with Crippen molar-refractivity contribution in [3.05, 3.63) is 0 Å². The standard InChI is InChI=1S/C8H19N3S/c1-4-10-8(9)11-7(2)5-6-12-3/h7H,4-6H2,1-3H3,(H3,9,10,11). The van der Waals surface area contributed by atoms with Gasteiger partial charge in [-0.15, -0.1) is 0 Å². The van der Waals surface area contributed by atoms with Gasteiger partial charge in [0.2, 0.25) is 0 Å². The van der Waals surface area contributed by atoms with E-state index in [0.29, 0.717) is 12.0 Å². The van der Waals surface area contributed by atoms with Crippen LogP contribution in [0.5, 0.6) is 0 Å². The first-order chi connectivity index (χ1) is 5.70. The minimum absolute atomic E-state index is 0.424. The molecule has 0 rings (SSSR count). The molecule has 1 unspecified atom stereocenters. The average Bonchev–Trinajstić information content (AvgIpc) is 2.01. The molecule has 72 valence electrons. The SMILES string of the molecule is CCN=C(N)NC(C)CCSC. The molecule has 0 saturated carbocycles. The van der Waals surface area contributed by atoms with Crippen LogP contribution in [0.4, 0.5) is 0 Å². The van der Waals surface area contributed by atoms with Gasteiger partial charge in [-0.2, -0.15) is 11.8 Å². The van der Waals surface area contributed by atoms with E-state index in [2.05, 4.69) is 23.5 Å². The van der Waals surface area contributed by atoms with Gasteiger partial charge in [-0.05, 0) is 32.3 Å². The Morgan fingerprint density at radius 3 is 2.83 bits per heavy atom. The van der Waals surface area contributed by atoms with Gasteiger partial charge in [-0.1, -0.05) is 0 Å². The molecule has 1 atom stereocenters. The van der Waals surface area contributed by atoms with Gasteiger partial charge < -0.3 is 11.1 Å². The minimum Gasteiger partial charge on any atom is -0.370 e. The fourth-order valence-electron chi connectivity index (χ4n) is 0.835. The molecule has 3 N–H and O–H groups in total. The highest BCUT2D eigenvalue weighted by Crippen LogP contribution is 1.98. The molecule has 0 spiro atoms. The van der Waals surface area contributed by atoms with Crippen LogP contribution in [0.3, 0.4) is 0 Å². The van der Waals surface area contributed by atoms with Crippen molar-refractivity contribution in [2.75, 3.05) is 18.6 Å². The topological polar surface area (TPSA) is 50.4 Å². The van der Waals surface area contributed by atoms with Gasteiger partial charge in [0, 0.05) is 12.6 Å². The molecule has 0 heterocycles. The van der Waals surface area contributed by atoms with Crippen LogP contribution in [0.2, 0.25) is 0 Å². The lowest BCUT2D eigenvalue weighted by molar-refractivity contribution is 0.642. The van der Waals surface area contributed by atoms with Crippen molar-refractivity contribution >= 4 is 17.7 Å². The second-order valence-electron chi connectivity index (χ2n) is 2.69. The number of nitrogens with zero attached hydrogens (tertiary/aromatic N) is 1. The Labute approximate surface area is 79.2 Å². The first kappa shape index (κ1) is 11.6. The van der Waals surface area contributed by atoms with Crippen molar-refractivity contribution in [3.8, 4) is 0 Å². The predicted octanol–water partition coefficient (Wildman–Crippen LogP) is 1.05. The van der Waals surface area contributed by atoms with Crippen molar-refractivity contribution in [1.29, 1.82) is 0 Å². The van der Waals surface area contributed by atoms with Crippen molar-refractivity contribution in [1.82, 2.24) is 5.32 Å². The van der Waals surface area contributed by atoms with E-state index in [1.165, 1.54) is 0 Å². The Balaban J connectivity index is 3.53. The first-order valence-corrected chi connectivity index (χ1v) is 5.65. The lowest BCUT2D eigenvalue weighted by Crippen LogP contribution is -2.38.